The summed E-state index contributed by atoms with van der Waals surface area (Å²) < 4.78 is 12.2. The summed E-state index contributed by atoms with van der Waals surface area (Å²) in [7, 11) is 0. The Morgan fingerprint density at radius 2 is 1.33 bits per heavy atom. The van der Waals surface area contributed by atoms with E-state index in [2.05, 4.69) is 0 Å². The lowest BCUT2D eigenvalue weighted by atomic mass is 10.1. The number of hydrogen-bond acceptors (Lipinski definition) is 4. The van der Waals surface area contributed by atoms with Gasteiger partial charge in [-0.15, -0.1) is 0 Å². The lowest BCUT2D eigenvalue weighted by Crippen LogP contribution is -2.27. The van der Waals surface area contributed by atoms with E-state index in [-0.39, 0.29) is 12.6 Å². The minimum atomic E-state index is -0.339. The molecule has 0 aliphatic heterocycles. The zero-order chi connectivity index (χ0) is 18.9. The topological polar surface area (TPSA) is 64.7 Å². The minimum Gasteiger partial charge on any atom is -0.485 e. The number of aliphatic hydroxyl groups excluding tert-OH is 1. The lowest BCUT2D eigenvalue weighted by molar-refractivity contribution is 0.248. The summed E-state index contributed by atoms with van der Waals surface area (Å²) in [6, 6.07) is 25.4. The van der Waals surface area contributed by atoms with E-state index in [1.807, 2.05) is 78.9 Å². The molecule has 0 saturated heterocycles. The van der Waals surface area contributed by atoms with Crippen molar-refractivity contribution >= 4 is 0 Å². The Morgan fingerprint density at radius 3 is 1.93 bits per heavy atom. The van der Waals surface area contributed by atoms with Crippen molar-refractivity contribution in [3.05, 3.63) is 95.6 Å². The highest BCUT2D eigenvalue weighted by Crippen LogP contribution is 2.33. The van der Waals surface area contributed by atoms with Crippen molar-refractivity contribution in [1.82, 2.24) is 0 Å². The highest BCUT2D eigenvalue weighted by Gasteiger charge is 2.14. The molecular formula is C23H25NO3. The molecule has 0 aromatic heterocycles. The quantitative estimate of drug-likeness (QED) is 0.608. The van der Waals surface area contributed by atoms with Crippen molar-refractivity contribution in [2.75, 3.05) is 6.61 Å². The largest absolute Gasteiger partial charge is 0.485 e. The van der Waals surface area contributed by atoms with Crippen molar-refractivity contribution in [2.45, 2.75) is 25.7 Å². The van der Waals surface area contributed by atoms with Gasteiger partial charge >= 0.3 is 0 Å². The van der Waals surface area contributed by atoms with Gasteiger partial charge in [-0.1, -0.05) is 72.8 Å². The average molecular weight is 363 g/mol. The van der Waals surface area contributed by atoms with Gasteiger partial charge in [0.1, 0.15) is 13.2 Å². The van der Waals surface area contributed by atoms with Gasteiger partial charge in [-0.05, 0) is 29.2 Å². The maximum Gasteiger partial charge on any atom is 0.164 e. The summed E-state index contributed by atoms with van der Waals surface area (Å²) in [5.41, 5.74) is 9.04. The smallest absolute Gasteiger partial charge is 0.164 e. The summed E-state index contributed by atoms with van der Waals surface area (Å²) in [6.07, 6.45) is 0.517. The maximum absolute atomic E-state index is 9.32. The third-order valence-corrected chi connectivity index (χ3v) is 4.24. The standard InChI is InChI=1S/C23H25NO3/c24-21(15-25)14-20-12-7-13-22(26-16-18-8-3-1-4-9-18)23(20)27-17-19-10-5-2-6-11-19/h1-13,21,25H,14-17,24H2. The number of benzene rings is 3. The van der Waals surface area contributed by atoms with Gasteiger partial charge in [-0.3, -0.25) is 0 Å². The van der Waals surface area contributed by atoms with E-state index < -0.39 is 0 Å². The molecule has 0 spiro atoms. The van der Waals surface area contributed by atoms with Crippen LogP contribution in [0.5, 0.6) is 11.5 Å². The molecule has 0 saturated carbocycles. The first-order valence-corrected chi connectivity index (χ1v) is 9.08. The van der Waals surface area contributed by atoms with E-state index in [0.29, 0.717) is 31.1 Å². The van der Waals surface area contributed by atoms with Crippen LogP contribution in [0.3, 0.4) is 0 Å². The van der Waals surface area contributed by atoms with Crippen molar-refractivity contribution in [3.63, 3.8) is 0 Å². The molecule has 1 unspecified atom stereocenters. The maximum atomic E-state index is 9.32. The Kier molecular flexibility index (Phi) is 6.85. The number of para-hydroxylation sites is 1. The first-order chi connectivity index (χ1) is 13.3. The molecule has 27 heavy (non-hydrogen) atoms. The average Bonchev–Trinajstić information content (AvgIpc) is 2.73. The lowest BCUT2D eigenvalue weighted by Gasteiger charge is -2.18. The van der Waals surface area contributed by atoms with E-state index in [1.54, 1.807) is 0 Å². The Bertz CT molecular complexity index is 822. The molecule has 4 heteroatoms. The summed E-state index contributed by atoms with van der Waals surface area (Å²) in [4.78, 5) is 0. The third kappa shape index (κ3) is 5.58. The van der Waals surface area contributed by atoms with Crippen LogP contribution in [0.1, 0.15) is 16.7 Å². The summed E-state index contributed by atoms with van der Waals surface area (Å²) in [5, 5.41) is 9.32. The first kappa shape index (κ1) is 19.0. The highest BCUT2D eigenvalue weighted by atomic mass is 16.5. The molecule has 0 bridgehead atoms. The molecule has 3 aromatic rings. The van der Waals surface area contributed by atoms with Gasteiger partial charge in [0.15, 0.2) is 11.5 Å². The summed E-state index contributed by atoms with van der Waals surface area (Å²) in [6.45, 7) is 0.819. The van der Waals surface area contributed by atoms with E-state index in [9.17, 15) is 5.11 Å². The number of ether oxygens (including phenoxy) is 2. The molecule has 140 valence electrons. The van der Waals surface area contributed by atoms with Crippen LogP contribution in [0.15, 0.2) is 78.9 Å². The number of hydrogen-bond donors (Lipinski definition) is 2. The Hall–Kier alpha value is -2.82. The molecule has 3 aromatic carbocycles. The van der Waals surface area contributed by atoms with Gasteiger partial charge in [-0.2, -0.15) is 0 Å². The van der Waals surface area contributed by atoms with Crippen molar-refractivity contribution in [1.29, 1.82) is 0 Å². The van der Waals surface area contributed by atoms with Crippen LogP contribution in [0.25, 0.3) is 0 Å². The van der Waals surface area contributed by atoms with Gasteiger partial charge in [0.05, 0.1) is 6.61 Å². The van der Waals surface area contributed by atoms with Gasteiger partial charge in [-0.25, -0.2) is 0 Å². The van der Waals surface area contributed by atoms with Crippen LogP contribution >= 0.6 is 0 Å². The van der Waals surface area contributed by atoms with Crippen LogP contribution in [-0.2, 0) is 19.6 Å². The third-order valence-electron chi connectivity index (χ3n) is 4.24. The molecule has 0 radical (unpaired) electrons. The number of aliphatic hydroxyl groups is 1. The van der Waals surface area contributed by atoms with Gasteiger partial charge < -0.3 is 20.3 Å². The highest BCUT2D eigenvalue weighted by molar-refractivity contribution is 5.47. The van der Waals surface area contributed by atoms with Crippen LogP contribution in [0, 0.1) is 0 Å². The molecule has 0 heterocycles. The van der Waals surface area contributed by atoms with Gasteiger partial charge in [0.25, 0.3) is 0 Å². The fraction of sp³-hybridized carbons (Fsp3) is 0.217. The predicted octanol–water partition coefficient (Wildman–Crippen LogP) is 3.71. The van der Waals surface area contributed by atoms with Gasteiger partial charge in [0, 0.05) is 6.04 Å². The van der Waals surface area contributed by atoms with E-state index >= 15 is 0 Å². The Balaban J connectivity index is 1.80. The summed E-state index contributed by atoms with van der Waals surface area (Å²) in [5.74, 6) is 1.36. The van der Waals surface area contributed by atoms with Crippen LogP contribution in [0.2, 0.25) is 0 Å². The monoisotopic (exact) mass is 363 g/mol. The molecule has 3 N–H and O–H groups in total. The SMILES string of the molecule is NC(CO)Cc1cccc(OCc2ccccc2)c1OCc1ccccc1. The van der Waals surface area contributed by atoms with E-state index in [0.717, 1.165) is 16.7 Å². The molecule has 0 amide bonds. The molecule has 4 nitrogen and oxygen atoms in total. The molecule has 0 fully saturated rings. The van der Waals surface area contributed by atoms with E-state index in [1.165, 1.54) is 0 Å². The molecule has 0 aliphatic carbocycles. The second-order valence-corrected chi connectivity index (χ2v) is 6.44. The van der Waals surface area contributed by atoms with E-state index in [4.69, 9.17) is 15.2 Å². The molecule has 0 aliphatic rings. The molecular weight excluding hydrogens is 338 g/mol. The second-order valence-electron chi connectivity index (χ2n) is 6.44. The zero-order valence-electron chi connectivity index (χ0n) is 15.3. The van der Waals surface area contributed by atoms with Crippen molar-refractivity contribution < 1.29 is 14.6 Å². The fourth-order valence-corrected chi connectivity index (χ4v) is 2.81. The Morgan fingerprint density at radius 1 is 0.741 bits per heavy atom. The predicted molar refractivity (Wildman–Crippen MR) is 107 cm³/mol. The zero-order valence-corrected chi connectivity index (χ0v) is 15.3. The fourth-order valence-electron chi connectivity index (χ4n) is 2.81. The molecule has 3 rings (SSSR count). The minimum absolute atomic E-state index is 0.0762. The van der Waals surface area contributed by atoms with Crippen molar-refractivity contribution in [2.24, 2.45) is 5.73 Å². The Labute approximate surface area is 160 Å². The number of nitrogens with two attached hydrogens (primary N) is 1. The van der Waals surface area contributed by atoms with Crippen LogP contribution in [-0.4, -0.2) is 17.8 Å². The molecule has 1 atom stereocenters. The van der Waals surface area contributed by atoms with Crippen LogP contribution in [0.4, 0.5) is 0 Å². The van der Waals surface area contributed by atoms with Crippen LogP contribution < -0.4 is 15.2 Å². The number of rotatable bonds is 9. The summed E-state index contributed by atoms with van der Waals surface area (Å²) >= 11 is 0. The van der Waals surface area contributed by atoms with Gasteiger partial charge in [0.2, 0.25) is 0 Å². The normalized spacial score (nSPS) is 11.8. The second kappa shape index (κ2) is 9.76. The first-order valence-electron chi connectivity index (χ1n) is 9.08. The van der Waals surface area contributed by atoms with Crippen molar-refractivity contribution in [3.8, 4) is 11.5 Å².